The molecule has 0 radical (unpaired) electrons. The number of aromatic nitrogens is 1. The van der Waals surface area contributed by atoms with Gasteiger partial charge in [0.15, 0.2) is 0 Å². The first kappa shape index (κ1) is 30.4. The molecular formula is C24H20ClF3N4O7. The van der Waals surface area contributed by atoms with Crippen LogP contribution in [0, 0.1) is 0 Å². The molecule has 5 N–H and O–H groups in total. The number of amides is 3. The van der Waals surface area contributed by atoms with E-state index in [9.17, 15) is 32.3 Å². The van der Waals surface area contributed by atoms with Gasteiger partial charge in [-0.15, -0.1) is 0 Å². The fraction of sp³-hybridized carbons (Fsp3) is 0.125. The highest BCUT2D eigenvalue weighted by molar-refractivity contribution is 6.31. The van der Waals surface area contributed by atoms with Gasteiger partial charge in [0.2, 0.25) is 0 Å². The number of urea groups is 1. The molecule has 11 nitrogen and oxygen atoms in total. The molecule has 0 bridgehead atoms. The highest BCUT2D eigenvalue weighted by atomic mass is 35.5. The molecule has 3 aromatic rings. The van der Waals surface area contributed by atoms with Gasteiger partial charge in [0.1, 0.15) is 23.6 Å². The van der Waals surface area contributed by atoms with Crippen LogP contribution in [0.2, 0.25) is 5.02 Å². The molecule has 0 saturated heterocycles. The number of halogens is 4. The molecule has 1 heterocycles. The number of nitrogens with one attached hydrogen (secondary N) is 3. The Morgan fingerprint density at radius 2 is 1.49 bits per heavy atom. The van der Waals surface area contributed by atoms with E-state index in [2.05, 4.69) is 20.9 Å². The van der Waals surface area contributed by atoms with Crippen LogP contribution in [0.1, 0.15) is 22.5 Å². The lowest BCUT2D eigenvalue weighted by atomic mass is 10.2. The molecule has 0 atom stereocenters. The summed E-state index contributed by atoms with van der Waals surface area (Å²) in [5.74, 6) is -2.16. The monoisotopic (exact) mass is 568 g/mol. The summed E-state index contributed by atoms with van der Waals surface area (Å²) in [4.78, 5) is 46.6. The van der Waals surface area contributed by atoms with Crippen molar-refractivity contribution in [3.05, 3.63) is 77.1 Å². The molecule has 3 rings (SSSR count). The minimum atomic E-state index is -4.64. The number of carbonyl (C=O) groups excluding carboxylic acids is 2. The van der Waals surface area contributed by atoms with Crippen LogP contribution in [0.25, 0.3) is 0 Å². The summed E-state index contributed by atoms with van der Waals surface area (Å²) in [5, 5.41) is 22.2. The Morgan fingerprint density at radius 1 is 0.897 bits per heavy atom. The molecule has 1 aromatic heterocycles. The number of ether oxygens (including phenoxy) is 1. The van der Waals surface area contributed by atoms with Gasteiger partial charge in [-0.2, -0.15) is 13.2 Å². The van der Waals surface area contributed by atoms with Gasteiger partial charge in [0.05, 0.1) is 10.6 Å². The molecule has 15 heteroatoms. The van der Waals surface area contributed by atoms with E-state index < -0.39 is 41.2 Å². The molecule has 0 aliphatic carbocycles. The van der Waals surface area contributed by atoms with Crippen molar-refractivity contribution < 1.29 is 47.3 Å². The molecular weight excluding hydrogens is 549 g/mol. The van der Waals surface area contributed by atoms with Crippen molar-refractivity contribution in [3.63, 3.8) is 0 Å². The van der Waals surface area contributed by atoms with Gasteiger partial charge in [0.25, 0.3) is 5.91 Å². The summed E-state index contributed by atoms with van der Waals surface area (Å²) < 4.78 is 44.5. The van der Waals surface area contributed by atoms with Crippen molar-refractivity contribution in [2.75, 3.05) is 17.7 Å². The first-order valence-electron chi connectivity index (χ1n) is 10.6. The number of hydrogen-bond acceptors (Lipinski definition) is 6. The zero-order valence-corrected chi connectivity index (χ0v) is 20.6. The zero-order valence-electron chi connectivity index (χ0n) is 19.9. The summed E-state index contributed by atoms with van der Waals surface area (Å²) in [7, 11) is 1.49. The average Bonchev–Trinajstić information content (AvgIpc) is 2.85. The van der Waals surface area contributed by atoms with Crippen molar-refractivity contribution in [2.24, 2.45) is 0 Å². The summed E-state index contributed by atoms with van der Waals surface area (Å²) in [6.07, 6.45) is -4.02. The zero-order chi connectivity index (χ0) is 29.2. The van der Waals surface area contributed by atoms with Crippen molar-refractivity contribution in [3.8, 4) is 11.5 Å². The lowest BCUT2D eigenvalue weighted by Crippen LogP contribution is -2.19. The van der Waals surface area contributed by atoms with Gasteiger partial charge >= 0.3 is 24.1 Å². The van der Waals surface area contributed by atoms with Crippen LogP contribution in [0.15, 0.2) is 60.8 Å². The largest absolute Gasteiger partial charge is 0.481 e. The molecule has 0 unspecified atom stereocenters. The minimum absolute atomic E-state index is 0.0659. The number of nitrogens with zero attached hydrogens (tertiary/aromatic N) is 1. The topological polar surface area (TPSA) is 167 Å². The molecule has 3 amide bonds. The Hall–Kier alpha value is -4.85. The quantitative estimate of drug-likeness (QED) is 0.245. The first-order valence-corrected chi connectivity index (χ1v) is 11.0. The molecule has 0 saturated carbocycles. The molecule has 206 valence electrons. The molecule has 0 aliphatic rings. The van der Waals surface area contributed by atoms with Crippen molar-refractivity contribution >= 4 is 46.9 Å². The van der Waals surface area contributed by atoms with Crippen molar-refractivity contribution in [2.45, 2.75) is 12.6 Å². The Bertz CT molecular complexity index is 1340. The normalized spacial score (nSPS) is 10.4. The highest BCUT2D eigenvalue weighted by Gasteiger charge is 2.33. The second kappa shape index (κ2) is 13.6. The fourth-order valence-corrected chi connectivity index (χ4v) is 2.94. The smallest absolute Gasteiger partial charge is 0.417 e. The predicted molar refractivity (Wildman–Crippen MR) is 133 cm³/mol. The maximum atomic E-state index is 12.9. The van der Waals surface area contributed by atoms with E-state index in [4.69, 9.17) is 26.6 Å². The third-order valence-corrected chi connectivity index (χ3v) is 4.70. The summed E-state index contributed by atoms with van der Waals surface area (Å²) >= 11 is 5.57. The van der Waals surface area contributed by atoms with Gasteiger partial charge in [0, 0.05) is 30.7 Å². The Labute approximate surface area is 223 Å². The van der Waals surface area contributed by atoms with Gasteiger partial charge in [-0.05, 0) is 48.5 Å². The molecule has 0 spiro atoms. The number of carboxylic acids is 2. The van der Waals surface area contributed by atoms with Gasteiger partial charge in [-0.1, -0.05) is 11.6 Å². The van der Waals surface area contributed by atoms with E-state index in [1.165, 1.54) is 25.4 Å². The number of rotatable bonds is 7. The average molecular weight is 569 g/mol. The Kier molecular flexibility index (Phi) is 10.6. The Morgan fingerprint density at radius 3 is 2.03 bits per heavy atom. The number of carboxylic acid groups (broad SMARTS) is 2. The van der Waals surface area contributed by atoms with E-state index in [0.29, 0.717) is 17.2 Å². The van der Waals surface area contributed by atoms with Crippen LogP contribution in [0.3, 0.4) is 0 Å². The van der Waals surface area contributed by atoms with E-state index >= 15 is 0 Å². The van der Waals surface area contributed by atoms with E-state index in [1.54, 1.807) is 30.3 Å². The lowest BCUT2D eigenvalue weighted by molar-refractivity contribution is -0.147. The second-order valence-electron chi connectivity index (χ2n) is 7.32. The third-order valence-electron chi connectivity index (χ3n) is 4.37. The molecule has 0 aliphatic heterocycles. The molecule has 2 aromatic carbocycles. The van der Waals surface area contributed by atoms with Gasteiger partial charge in [-0.3, -0.25) is 19.4 Å². The van der Waals surface area contributed by atoms with Crippen LogP contribution in [-0.2, 0) is 15.8 Å². The van der Waals surface area contributed by atoms with E-state index in [1.807, 2.05) is 0 Å². The maximum Gasteiger partial charge on any atom is 0.417 e. The highest BCUT2D eigenvalue weighted by Crippen LogP contribution is 2.36. The maximum absolute atomic E-state index is 12.9. The summed E-state index contributed by atoms with van der Waals surface area (Å²) in [5.41, 5.74) is -0.547. The van der Waals surface area contributed by atoms with Crippen LogP contribution < -0.4 is 20.7 Å². The number of pyridine rings is 1. The minimum Gasteiger partial charge on any atom is -0.481 e. The lowest BCUT2D eigenvalue weighted by Gasteiger charge is -2.12. The number of benzene rings is 2. The number of alkyl halides is 3. The molecule has 39 heavy (non-hydrogen) atoms. The van der Waals surface area contributed by atoms with E-state index in [-0.39, 0.29) is 17.3 Å². The van der Waals surface area contributed by atoms with Gasteiger partial charge < -0.3 is 30.9 Å². The SMILES string of the molecule is CNC(=O)c1cc(Oc2ccc(NC(=O)Nc3ccc(Cl)c(C(F)(F)F)c3)cc2)ccn1.O=C(O)CC(=O)O. The fourth-order valence-electron chi connectivity index (χ4n) is 2.71. The van der Waals surface area contributed by atoms with Crippen molar-refractivity contribution in [1.82, 2.24) is 10.3 Å². The van der Waals surface area contributed by atoms with Crippen LogP contribution in [0.4, 0.5) is 29.3 Å². The van der Waals surface area contributed by atoms with Crippen LogP contribution in [0.5, 0.6) is 11.5 Å². The first-order chi connectivity index (χ1) is 18.3. The van der Waals surface area contributed by atoms with Gasteiger partial charge in [-0.25, -0.2) is 4.79 Å². The van der Waals surface area contributed by atoms with Crippen LogP contribution in [-0.4, -0.2) is 46.1 Å². The second-order valence-corrected chi connectivity index (χ2v) is 7.73. The molecule has 0 fully saturated rings. The number of hydrogen-bond donors (Lipinski definition) is 5. The third kappa shape index (κ3) is 10.2. The number of carbonyl (C=O) groups is 4. The van der Waals surface area contributed by atoms with Crippen LogP contribution >= 0.6 is 11.6 Å². The number of anilines is 2. The standard InChI is InChI=1S/C21H16ClF3N4O3.C3H4O4/c1-26-19(30)18-11-15(8-9-27-18)32-14-5-2-12(3-6-14)28-20(31)29-13-4-7-17(22)16(10-13)21(23,24)25;4-2(5)1-3(6)7/h2-11H,1H3,(H,26,30)(H2,28,29,31);1H2,(H,4,5)(H,6,7). The predicted octanol–water partition coefficient (Wildman–Crippen LogP) is 5.10. The van der Waals surface area contributed by atoms with E-state index in [0.717, 1.165) is 12.1 Å². The Balaban J connectivity index is 0.000000673. The summed E-state index contributed by atoms with van der Waals surface area (Å²) in [6, 6.07) is 11.6. The van der Waals surface area contributed by atoms with Crippen molar-refractivity contribution in [1.29, 1.82) is 0 Å². The summed E-state index contributed by atoms with van der Waals surface area (Å²) in [6.45, 7) is 0. The number of aliphatic carboxylic acids is 2.